The van der Waals surface area contributed by atoms with Gasteiger partial charge in [-0.3, -0.25) is 9.69 Å². The second-order valence-electron chi connectivity index (χ2n) is 4.65. The normalized spacial score (nSPS) is 11.0. The molecule has 0 aliphatic carbocycles. The van der Waals surface area contributed by atoms with E-state index in [2.05, 4.69) is 5.32 Å². The molecule has 1 amide bonds. The summed E-state index contributed by atoms with van der Waals surface area (Å²) < 4.78 is 0. The minimum Gasteiger partial charge on any atom is -0.395 e. The van der Waals surface area contributed by atoms with Gasteiger partial charge >= 0.3 is 0 Å². The van der Waals surface area contributed by atoms with Crippen molar-refractivity contribution in [3.05, 3.63) is 29.8 Å². The first kappa shape index (κ1) is 14.7. The number of anilines is 1. The number of aliphatic hydroxyl groups is 1. The summed E-state index contributed by atoms with van der Waals surface area (Å²) in [5, 5.41) is 11.9. The van der Waals surface area contributed by atoms with Crippen LogP contribution >= 0.6 is 0 Å². The van der Waals surface area contributed by atoms with Crippen LogP contribution in [0.25, 0.3) is 0 Å². The highest BCUT2D eigenvalue weighted by Crippen LogP contribution is 2.13. The lowest BCUT2D eigenvalue weighted by atomic mass is 10.2. The molecule has 0 spiro atoms. The molecule has 0 aliphatic heterocycles. The number of carbonyl (C=O) groups excluding carboxylic acids is 1. The van der Waals surface area contributed by atoms with Crippen molar-refractivity contribution in [2.45, 2.75) is 26.8 Å². The van der Waals surface area contributed by atoms with Gasteiger partial charge in [-0.05, 0) is 32.4 Å². The quantitative estimate of drug-likeness (QED) is 0.807. The first-order chi connectivity index (χ1) is 8.54. The van der Waals surface area contributed by atoms with Gasteiger partial charge in [0.15, 0.2) is 0 Å². The van der Waals surface area contributed by atoms with Crippen molar-refractivity contribution in [2.24, 2.45) is 0 Å². The number of amides is 1. The largest absolute Gasteiger partial charge is 0.395 e. The van der Waals surface area contributed by atoms with Crippen molar-refractivity contribution in [3.8, 4) is 0 Å². The van der Waals surface area contributed by atoms with E-state index in [4.69, 9.17) is 5.11 Å². The zero-order chi connectivity index (χ0) is 13.5. The van der Waals surface area contributed by atoms with E-state index in [-0.39, 0.29) is 18.6 Å². The van der Waals surface area contributed by atoms with E-state index in [1.165, 1.54) is 0 Å². The maximum absolute atomic E-state index is 11.9. The van der Waals surface area contributed by atoms with Crippen LogP contribution in [0.15, 0.2) is 24.3 Å². The molecule has 0 unspecified atom stereocenters. The SMILES string of the molecule is Cc1ccccc1NC(=O)CN(CCO)C(C)C. The van der Waals surface area contributed by atoms with Gasteiger partial charge in [-0.15, -0.1) is 0 Å². The van der Waals surface area contributed by atoms with Crippen molar-refractivity contribution < 1.29 is 9.90 Å². The fraction of sp³-hybridized carbons (Fsp3) is 0.500. The Labute approximate surface area is 109 Å². The van der Waals surface area contributed by atoms with Gasteiger partial charge in [0.1, 0.15) is 0 Å². The predicted molar refractivity (Wildman–Crippen MR) is 73.6 cm³/mol. The Hall–Kier alpha value is -1.39. The van der Waals surface area contributed by atoms with Crippen molar-refractivity contribution in [1.82, 2.24) is 4.90 Å². The number of carbonyl (C=O) groups is 1. The molecule has 4 heteroatoms. The van der Waals surface area contributed by atoms with Gasteiger partial charge in [0.25, 0.3) is 0 Å². The molecule has 100 valence electrons. The van der Waals surface area contributed by atoms with E-state index in [9.17, 15) is 4.79 Å². The second-order valence-corrected chi connectivity index (χ2v) is 4.65. The number of rotatable bonds is 6. The number of hydrogen-bond acceptors (Lipinski definition) is 3. The molecule has 18 heavy (non-hydrogen) atoms. The molecule has 2 N–H and O–H groups in total. The molecule has 0 heterocycles. The van der Waals surface area contributed by atoms with E-state index >= 15 is 0 Å². The highest BCUT2D eigenvalue weighted by atomic mass is 16.3. The Bertz CT molecular complexity index is 391. The molecule has 0 aromatic heterocycles. The van der Waals surface area contributed by atoms with Gasteiger partial charge in [-0.2, -0.15) is 0 Å². The number of nitrogens with zero attached hydrogens (tertiary/aromatic N) is 1. The molecular formula is C14H22N2O2. The lowest BCUT2D eigenvalue weighted by molar-refractivity contribution is -0.117. The van der Waals surface area contributed by atoms with Gasteiger partial charge in [-0.25, -0.2) is 0 Å². The molecule has 0 atom stereocenters. The maximum atomic E-state index is 11.9. The number of benzene rings is 1. The molecular weight excluding hydrogens is 228 g/mol. The summed E-state index contributed by atoms with van der Waals surface area (Å²) in [6.45, 7) is 6.86. The second kappa shape index (κ2) is 7.13. The van der Waals surface area contributed by atoms with E-state index in [1.54, 1.807) is 0 Å². The van der Waals surface area contributed by atoms with Gasteiger partial charge in [0.2, 0.25) is 5.91 Å². The van der Waals surface area contributed by atoms with Crippen LogP contribution in [-0.2, 0) is 4.79 Å². The Morgan fingerprint density at radius 2 is 2.06 bits per heavy atom. The first-order valence-corrected chi connectivity index (χ1v) is 6.25. The monoisotopic (exact) mass is 250 g/mol. The summed E-state index contributed by atoms with van der Waals surface area (Å²) in [6.07, 6.45) is 0. The third-order valence-electron chi connectivity index (χ3n) is 2.88. The molecule has 0 aliphatic rings. The van der Waals surface area contributed by atoms with Crippen molar-refractivity contribution >= 4 is 11.6 Å². The van der Waals surface area contributed by atoms with Gasteiger partial charge in [0.05, 0.1) is 13.2 Å². The molecule has 0 saturated carbocycles. The standard InChI is InChI=1S/C14H22N2O2/c1-11(2)16(8-9-17)10-14(18)15-13-7-5-4-6-12(13)3/h4-7,11,17H,8-10H2,1-3H3,(H,15,18). The first-order valence-electron chi connectivity index (χ1n) is 6.25. The van der Waals surface area contributed by atoms with Crippen LogP contribution in [0.3, 0.4) is 0 Å². The van der Waals surface area contributed by atoms with Crippen LogP contribution in [-0.4, -0.2) is 41.7 Å². The molecule has 0 saturated heterocycles. The Morgan fingerprint density at radius 3 is 2.61 bits per heavy atom. The predicted octanol–water partition coefficient (Wildman–Crippen LogP) is 1.64. The summed E-state index contributed by atoms with van der Waals surface area (Å²) in [5.74, 6) is -0.0496. The summed E-state index contributed by atoms with van der Waals surface area (Å²) >= 11 is 0. The van der Waals surface area contributed by atoms with E-state index in [0.717, 1.165) is 11.3 Å². The van der Waals surface area contributed by atoms with Crippen LogP contribution in [0.2, 0.25) is 0 Å². The Kier molecular flexibility index (Phi) is 5.82. The Balaban J connectivity index is 2.58. The summed E-state index contributed by atoms with van der Waals surface area (Å²) in [5.41, 5.74) is 1.89. The number of aliphatic hydroxyl groups excluding tert-OH is 1. The lowest BCUT2D eigenvalue weighted by Gasteiger charge is -2.24. The van der Waals surface area contributed by atoms with Crippen LogP contribution in [0.4, 0.5) is 5.69 Å². The summed E-state index contributed by atoms with van der Waals surface area (Å²) in [7, 11) is 0. The third kappa shape index (κ3) is 4.47. The fourth-order valence-corrected chi connectivity index (χ4v) is 1.74. The third-order valence-corrected chi connectivity index (χ3v) is 2.88. The number of para-hydroxylation sites is 1. The Morgan fingerprint density at radius 1 is 1.39 bits per heavy atom. The molecule has 1 aromatic carbocycles. The number of aryl methyl sites for hydroxylation is 1. The minimum absolute atomic E-state index is 0.0496. The fourth-order valence-electron chi connectivity index (χ4n) is 1.74. The average Bonchev–Trinajstić information content (AvgIpc) is 2.31. The summed E-state index contributed by atoms with van der Waals surface area (Å²) in [4.78, 5) is 13.9. The van der Waals surface area contributed by atoms with E-state index in [0.29, 0.717) is 13.1 Å². The van der Waals surface area contributed by atoms with E-state index in [1.807, 2.05) is 49.9 Å². The van der Waals surface area contributed by atoms with Gasteiger partial charge in [0, 0.05) is 18.3 Å². The van der Waals surface area contributed by atoms with Crippen molar-refractivity contribution in [3.63, 3.8) is 0 Å². The zero-order valence-corrected chi connectivity index (χ0v) is 11.3. The average molecular weight is 250 g/mol. The maximum Gasteiger partial charge on any atom is 0.238 e. The van der Waals surface area contributed by atoms with E-state index < -0.39 is 0 Å². The lowest BCUT2D eigenvalue weighted by Crippen LogP contribution is -2.39. The minimum atomic E-state index is -0.0496. The topological polar surface area (TPSA) is 52.6 Å². The van der Waals surface area contributed by atoms with Crippen LogP contribution in [0, 0.1) is 6.92 Å². The van der Waals surface area contributed by atoms with Gasteiger partial charge in [-0.1, -0.05) is 18.2 Å². The molecule has 0 radical (unpaired) electrons. The number of nitrogens with one attached hydrogen (secondary N) is 1. The zero-order valence-electron chi connectivity index (χ0n) is 11.3. The molecule has 1 aromatic rings. The molecule has 0 bridgehead atoms. The van der Waals surface area contributed by atoms with Crippen molar-refractivity contribution in [2.75, 3.05) is 25.0 Å². The van der Waals surface area contributed by atoms with Crippen LogP contribution < -0.4 is 5.32 Å². The van der Waals surface area contributed by atoms with Crippen molar-refractivity contribution in [1.29, 1.82) is 0 Å². The number of hydrogen-bond donors (Lipinski definition) is 2. The highest BCUT2D eigenvalue weighted by Gasteiger charge is 2.13. The smallest absolute Gasteiger partial charge is 0.238 e. The molecule has 0 fully saturated rings. The highest BCUT2D eigenvalue weighted by molar-refractivity contribution is 5.92. The molecule has 4 nitrogen and oxygen atoms in total. The molecule has 1 rings (SSSR count). The summed E-state index contributed by atoms with van der Waals surface area (Å²) in [6, 6.07) is 7.93. The van der Waals surface area contributed by atoms with Crippen LogP contribution in [0.5, 0.6) is 0 Å². The van der Waals surface area contributed by atoms with Gasteiger partial charge < -0.3 is 10.4 Å². The van der Waals surface area contributed by atoms with Crippen LogP contribution in [0.1, 0.15) is 19.4 Å².